The number of aryl methyl sites for hydroxylation is 2. The van der Waals surface area contributed by atoms with E-state index in [1.165, 1.54) is 13.8 Å². The van der Waals surface area contributed by atoms with Crippen LogP contribution in [0.25, 0.3) is 0 Å². The second-order valence-corrected chi connectivity index (χ2v) is 10.8. The van der Waals surface area contributed by atoms with E-state index in [9.17, 15) is 30.0 Å². The van der Waals surface area contributed by atoms with Crippen molar-refractivity contribution in [2.45, 2.75) is 29.8 Å². The van der Waals surface area contributed by atoms with Gasteiger partial charge in [-0.25, -0.2) is 16.8 Å². The zero-order valence-corrected chi connectivity index (χ0v) is 18.2. The van der Waals surface area contributed by atoms with Crippen molar-refractivity contribution >= 4 is 31.6 Å². The van der Waals surface area contributed by atoms with Crippen LogP contribution in [0.2, 0.25) is 5.02 Å². The largest absolute Gasteiger partial charge is 0.417 e. The molecule has 1 aliphatic rings. The Labute approximate surface area is 176 Å². The van der Waals surface area contributed by atoms with Crippen molar-refractivity contribution in [2.24, 2.45) is 0 Å². The lowest BCUT2D eigenvalue weighted by Crippen LogP contribution is -2.50. The lowest BCUT2D eigenvalue weighted by atomic mass is 10.2. The van der Waals surface area contributed by atoms with Gasteiger partial charge in [-0.3, -0.25) is 0 Å². The van der Waals surface area contributed by atoms with Gasteiger partial charge >= 0.3 is 6.18 Å². The fourth-order valence-corrected chi connectivity index (χ4v) is 6.71. The number of benzene rings is 1. The average molecular weight is 488 g/mol. The molecule has 0 aliphatic carbocycles. The van der Waals surface area contributed by atoms with E-state index < -0.39 is 36.7 Å². The van der Waals surface area contributed by atoms with E-state index in [1.54, 1.807) is 0 Å². The molecule has 0 radical (unpaired) electrons. The van der Waals surface area contributed by atoms with Gasteiger partial charge in [0.25, 0.3) is 0 Å². The van der Waals surface area contributed by atoms with E-state index in [-0.39, 0.29) is 47.6 Å². The molecular weight excluding hydrogens is 471 g/mol. The molecule has 0 saturated carbocycles. The zero-order valence-electron chi connectivity index (χ0n) is 15.8. The Hall–Kier alpha value is -1.67. The average Bonchev–Trinajstić information content (AvgIpc) is 3.00. The Morgan fingerprint density at radius 1 is 1.00 bits per heavy atom. The number of halogens is 4. The Morgan fingerprint density at radius 3 is 2.00 bits per heavy atom. The lowest BCUT2D eigenvalue weighted by Gasteiger charge is -2.33. The molecule has 1 aromatic carbocycles. The second kappa shape index (κ2) is 7.79. The van der Waals surface area contributed by atoms with Gasteiger partial charge in [0, 0.05) is 31.2 Å². The monoisotopic (exact) mass is 487 g/mol. The molecule has 8 nitrogen and oxygen atoms in total. The van der Waals surface area contributed by atoms with Gasteiger partial charge in [0.1, 0.15) is 10.6 Å². The second-order valence-electron chi connectivity index (χ2n) is 6.60. The third-order valence-electron chi connectivity index (χ3n) is 4.63. The maximum atomic E-state index is 13.3. The van der Waals surface area contributed by atoms with Crippen LogP contribution in [-0.2, 0) is 26.2 Å². The predicted molar refractivity (Wildman–Crippen MR) is 99.9 cm³/mol. The molecule has 1 saturated heterocycles. The first-order valence-electron chi connectivity index (χ1n) is 8.56. The van der Waals surface area contributed by atoms with Gasteiger partial charge in [-0.2, -0.15) is 21.8 Å². The molecular formula is C16H17ClF3N3O5S2. The van der Waals surface area contributed by atoms with Gasteiger partial charge in [-0.15, -0.1) is 0 Å². The van der Waals surface area contributed by atoms with E-state index in [0.717, 1.165) is 20.7 Å². The summed E-state index contributed by atoms with van der Waals surface area (Å²) < 4.78 is 98.1. The quantitative estimate of drug-likeness (QED) is 0.657. The topological polar surface area (TPSA) is 101 Å². The summed E-state index contributed by atoms with van der Waals surface area (Å²) in [5, 5.41) is 3.35. The first kappa shape index (κ1) is 23.0. The predicted octanol–water partition coefficient (Wildman–Crippen LogP) is 2.66. The number of rotatable bonds is 4. The molecule has 2 aromatic rings. The van der Waals surface area contributed by atoms with Crippen LogP contribution in [0.15, 0.2) is 32.5 Å². The number of sulfonamides is 2. The first-order chi connectivity index (χ1) is 13.8. The van der Waals surface area contributed by atoms with Crippen molar-refractivity contribution in [2.75, 3.05) is 26.2 Å². The maximum Gasteiger partial charge on any atom is 0.417 e. The number of alkyl halides is 3. The van der Waals surface area contributed by atoms with E-state index in [2.05, 4.69) is 5.16 Å². The summed E-state index contributed by atoms with van der Waals surface area (Å²) in [6.07, 6.45) is -4.93. The van der Waals surface area contributed by atoms with Crippen LogP contribution < -0.4 is 0 Å². The standard InChI is InChI=1S/C16H17ClF3N3O5S2/c1-10-15(11(2)28-21-10)30(26,27)23-7-5-22(6-8-23)29(24,25)14-4-3-12(17)9-13(14)16(18,19)20/h3-4,9H,5-8H2,1-2H3. The summed E-state index contributed by atoms with van der Waals surface area (Å²) in [6, 6.07) is 2.40. The van der Waals surface area contributed by atoms with E-state index in [0.29, 0.717) is 6.07 Å². The molecule has 0 amide bonds. The molecule has 14 heteroatoms. The van der Waals surface area contributed by atoms with Gasteiger partial charge < -0.3 is 4.52 Å². The molecule has 30 heavy (non-hydrogen) atoms. The third-order valence-corrected chi connectivity index (χ3v) is 8.96. The van der Waals surface area contributed by atoms with Gasteiger partial charge in [-0.05, 0) is 32.0 Å². The summed E-state index contributed by atoms with van der Waals surface area (Å²) in [5.41, 5.74) is -1.21. The highest BCUT2D eigenvalue weighted by atomic mass is 35.5. The molecule has 0 atom stereocenters. The number of aromatic nitrogens is 1. The molecule has 3 rings (SSSR count). The van der Waals surface area contributed by atoms with Crippen LogP contribution in [0, 0.1) is 13.8 Å². The molecule has 0 spiro atoms. The Morgan fingerprint density at radius 2 is 1.53 bits per heavy atom. The molecule has 166 valence electrons. The van der Waals surface area contributed by atoms with Crippen molar-refractivity contribution in [3.8, 4) is 0 Å². The van der Waals surface area contributed by atoms with Crippen LogP contribution in [0.4, 0.5) is 13.2 Å². The molecule has 1 aliphatic heterocycles. The first-order valence-corrected chi connectivity index (χ1v) is 11.8. The minimum Gasteiger partial charge on any atom is -0.360 e. The van der Waals surface area contributed by atoms with Crippen LogP contribution in [0.5, 0.6) is 0 Å². The fraction of sp³-hybridized carbons (Fsp3) is 0.438. The minimum atomic E-state index is -4.93. The zero-order chi connectivity index (χ0) is 22.5. The molecule has 1 aromatic heterocycles. The van der Waals surface area contributed by atoms with Crippen molar-refractivity contribution in [1.82, 2.24) is 13.8 Å². The normalized spacial score (nSPS) is 17.4. The summed E-state index contributed by atoms with van der Waals surface area (Å²) in [4.78, 5) is -1.03. The highest BCUT2D eigenvalue weighted by Gasteiger charge is 2.41. The van der Waals surface area contributed by atoms with Crippen LogP contribution >= 0.6 is 11.6 Å². The third kappa shape index (κ3) is 4.08. The lowest BCUT2D eigenvalue weighted by molar-refractivity contribution is -0.139. The van der Waals surface area contributed by atoms with Crippen LogP contribution in [0.1, 0.15) is 17.0 Å². The fourth-order valence-electron chi connectivity index (χ4n) is 3.21. The SMILES string of the molecule is Cc1noc(C)c1S(=O)(=O)N1CCN(S(=O)(=O)c2ccc(Cl)cc2C(F)(F)F)CC1. The Balaban J connectivity index is 1.87. The van der Waals surface area contributed by atoms with Crippen molar-refractivity contribution in [3.05, 3.63) is 40.2 Å². The minimum absolute atomic E-state index is 0.0959. The Kier molecular flexibility index (Phi) is 5.97. The molecule has 1 fully saturated rings. The highest BCUT2D eigenvalue weighted by molar-refractivity contribution is 7.89. The van der Waals surface area contributed by atoms with Gasteiger partial charge in [0.15, 0.2) is 5.76 Å². The molecule has 0 unspecified atom stereocenters. The van der Waals surface area contributed by atoms with Gasteiger partial charge in [0.2, 0.25) is 20.0 Å². The van der Waals surface area contributed by atoms with E-state index in [4.69, 9.17) is 16.1 Å². The molecule has 0 bridgehead atoms. The highest BCUT2D eigenvalue weighted by Crippen LogP contribution is 2.37. The van der Waals surface area contributed by atoms with Gasteiger partial charge in [0.05, 0.1) is 10.5 Å². The van der Waals surface area contributed by atoms with Crippen molar-refractivity contribution < 1.29 is 34.5 Å². The number of nitrogens with zero attached hydrogens (tertiary/aromatic N) is 3. The summed E-state index contributed by atoms with van der Waals surface area (Å²) in [5.74, 6) is 0.0959. The smallest absolute Gasteiger partial charge is 0.360 e. The molecule has 2 heterocycles. The van der Waals surface area contributed by atoms with Crippen LogP contribution in [0.3, 0.4) is 0 Å². The van der Waals surface area contributed by atoms with Crippen LogP contribution in [-0.4, -0.2) is 56.8 Å². The van der Waals surface area contributed by atoms with E-state index >= 15 is 0 Å². The summed E-state index contributed by atoms with van der Waals surface area (Å²) in [7, 11) is -8.52. The van der Waals surface area contributed by atoms with Crippen molar-refractivity contribution in [3.63, 3.8) is 0 Å². The van der Waals surface area contributed by atoms with Crippen molar-refractivity contribution in [1.29, 1.82) is 0 Å². The molecule has 0 N–H and O–H groups in total. The maximum absolute atomic E-state index is 13.3. The number of hydrogen-bond acceptors (Lipinski definition) is 6. The number of hydrogen-bond donors (Lipinski definition) is 0. The summed E-state index contributed by atoms with van der Waals surface area (Å²) in [6.45, 7) is 1.80. The summed E-state index contributed by atoms with van der Waals surface area (Å²) >= 11 is 5.61. The van der Waals surface area contributed by atoms with E-state index in [1.807, 2.05) is 0 Å². The number of piperazine rings is 1. The Bertz CT molecular complexity index is 1150. The van der Waals surface area contributed by atoms with Gasteiger partial charge in [-0.1, -0.05) is 16.8 Å².